The highest BCUT2D eigenvalue weighted by Crippen LogP contribution is 2.25. The molecule has 0 saturated heterocycles. The minimum atomic E-state index is -0.600. The average molecular weight is 375 g/mol. The highest BCUT2D eigenvalue weighted by molar-refractivity contribution is 6.08. The van der Waals surface area contributed by atoms with Crippen molar-refractivity contribution in [3.8, 4) is 0 Å². The maximum absolute atomic E-state index is 12.6. The molecule has 1 aliphatic rings. The Labute approximate surface area is 158 Å². The molecule has 0 unspecified atom stereocenters. The summed E-state index contributed by atoms with van der Waals surface area (Å²) in [7, 11) is 1.25. The third kappa shape index (κ3) is 4.65. The quantitative estimate of drug-likeness (QED) is 0.609. The molecule has 2 rings (SSSR count). The van der Waals surface area contributed by atoms with Gasteiger partial charge in [-0.05, 0) is 44.5 Å². The summed E-state index contributed by atoms with van der Waals surface area (Å²) in [5.41, 5.74) is 2.19. The third-order valence-electron chi connectivity index (χ3n) is 4.12. The van der Waals surface area contributed by atoms with Gasteiger partial charge in [0.05, 0.1) is 25.8 Å². The van der Waals surface area contributed by atoms with Crippen LogP contribution in [-0.2, 0) is 14.3 Å². The van der Waals surface area contributed by atoms with Gasteiger partial charge in [0.15, 0.2) is 0 Å². The molecule has 0 bridgehead atoms. The second-order valence-corrected chi connectivity index (χ2v) is 6.58. The molecule has 0 saturated carbocycles. The van der Waals surface area contributed by atoms with E-state index in [0.29, 0.717) is 11.3 Å². The number of rotatable bonds is 7. The second-order valence-electron chi connectivity index (χ2n) is 6.58. The van der Waals surface area contributed by atoms with E-state index in [-0.39, 0.29) is 48.8 Å². The van der Waals surface area contributed by atoms with Crippen molar-refractivity contribution in [2.24, 2.45) is 0 Å². The number of carbonyl (C=O) groups is 3. The van der Waals surface area contributed by atoms with Gasteiger partial charge in [-0.1, -0.05) is 0 Å². The number of nitrogens with zero attached hydrogens (tertiary/aromatic N) is 1. The Bertz CT molecular complexity index is 786. The fourth-order valence-electron chi connectivity index (χ4n) is 2.77. The Kier molecular flexibility index (Phi) is 6.57. The lowest BCUT2D eigenvalue weighted by molar-refractivity contribution is -0.136. The predicted molar refractivity (Wildman–Crippen MR) is 100 cm³/mol. The number of nitrogens with one attached hydrogen (secondary N) is 2. The number of esters is 1. The molecule has 3 N–H and O–H groups in total. The van der Waals surface area contributed by atoms with Crippen LogP contribution >= 0.6 is 0 Å². The maximum atomic E-state index is 12.6. The molecular formula is C19H25N3O5. The predicted octanol–water partition coefficient (Wildman–Crippen LogP) is 0.807. The fourth-order valence-corrected chi connectivity index (χ4v) is 2.77. The average Bonchev–Trinajstić information content (AvgIpc) is 2.92. The first-order chi connectivity index (χ1) is 12.8. The van der Waals surface area contributed by atoms with Crippen molar-refractivity contribution >= 4 is 23.5 Å². The van der Waals surface area contributed by atoms with Crippen LogP contribution in [0.25, 0.3) is 0 Å². The molecule has 1 aromatic rings. The van der Waals surface area contributed by atoms with E-state index in [1.165, 1.54) is 12.0 Å². The normalized spacial score (nSPS) is 14.0. The van der Waals surface area contributed by atoms with Gasteiger partial charge in [-0.15, -0.1) is 0 Å². The topological polar surface area (TPSA) is 108 Å². The third-order valence-corrected chi connectivity index (χ3v) is 4.12. The summed E-state index contributed by atoms with van der Waals surface area (Å²) in [6.45, 7) is 5.56. The number of carbonyl (C=O) groups excluding carboxylic acids is 3. The molecular weight excluding hydrogens is 350 g/mol. The Balaban J connectivity index is 2.29. The molecule has 1 aliphatic heterocycles. The van der Waals surface area contributed by atoms with Gasteiger partial charge in [-0.2, -0.15) is 0 Å². The minimum Gasteiger partial charge on any atom is -0.466 e. The summed E-state index contributed by atoms with van der Waals surface area (Å²) >= 11 is 0. The Morgan fingerprint density at radius 2 is 2.04 bits per heavy atom. The van der Waals surface area contributed by atoms with Crippen molar-refractivity contribution in [2.45, 2.75) is 26.8 Å². The summed E-state index contributed by atoms with van der Waals surface area (Å²) < 4.78 is 4.76. The summed E-state index contributed by atoms with van der Waals surface area (Å²) in [5.74, 6) is -1.16. The van der Waals surface area contributed by atoms with Crippen LogP contribution in [0.15, 0.2) is 29.5 Å². The first kappa shape index (κ1) is 20.4. The van der Waals surface area contributed by atoms with Gasteiger partial charge in [-0.3, -0.25) is 9.59 Å². The molecule has 0 radical (unpaired) electrons. The van der Waals surface area contributed by atoms with Gasteiger partial charge in [-0.25, -0.2) is 4.79 Å². The summed E-state index contributed by atoms with van der Waals surface area (Å²) in [4.78, 5) is 38.1. The number of amides is 2. The van der Waals surface area contributed by atoms with Crippen LogP contribution in [0.5, 0.6) is 0 Å². The maximum Gasteiger partial charge on any atom is 0.337 e. The molecule has 27 heavy (non-hydrogen) atoms. The van der Waals surface area contributed by atoms with Gasteiger partial charge < -0.3 is 25.4 Å². The fraction of sp³-hybridized carbons (Fsp3) is 0.421. The van der Waals surface area contributed by atoms with Crippen molar-refractivity contribution in [1.82, 2.24) is 10.2 Å². The van der Waals surface area contributed by atoms with E-state index in [2.05, 4.69) is 10.6 Å². The van der Waals surface area contributed by atoms with Gasteiger partial charge in [0.1, 0.15) is 5.70 Å². The molecule has 1 aromatic carbocycles. The van der Waals surface area contributed by atoms with Gasteiger partial charge in [0, 0.05) is 23.8 Å². The zero-order valence-electron chi connectivity index (χ0n) is 16.0. The molecule has 2 amide bonds. The van der Waals surface area contributed by atoms with Crippen LogP contribution in [0.4, 0.5) is 5.69 Å². The molecule has 146 valence electrons. The van der Waals surface area contributed by atoms with E-state index < -0.39 is 5.97 Å². The van der Waals surface area contributed by atoms with Crippen LogP contribution in [0.2, 0.25) is 0 Å². The number of aryl methyl sites for hydroxylation is 1. The van der Waals surface area contributed by atoms with E-state index in [1.807, 2.05) is 13.8 Å². The highest BCUT2D eigenvalue weighted by atomic mass is 16.5. The monoisotopic (exact) mass is 375 g/mol. The molecule has 0 atom stereocenters. The summed E-state index contributed by atoms with van der Waals surface area (Å²) in [6.07, 6.45) is 0. The zero-order valence-corrected chi connectivity index (χ0v) is 16.0. The Morgan fingerprint density at radius 3 is 2.59 bits per heavy atom. The van der Waals surface area contributed by atoms with Crippen LogP contribution in [0.1, 0.15) is 29.8 Å². The van der Waals surface area contributed by atoms with Crippen molar-refractivity contribution in [1.29, 1.82) is 0 Å². The van der Waals surface area contributed by atoms with Crippen LogP contribution in [-0.4, -0.2) is 60.6 Å². The van der Waals surface area contributed by atoms with Crippen molar-refractivity contribution in [3.63, 3.8) is 0 Å². The summed E-state index contributed by atoms with van der Waals surface area (Å²) in [6, 6.07) is 5.07. The standard InChI is InChI=1S/C19H25N3O5/c1-11(2)20-17(24)13-5-6-15(12(3)9-13)21-16-14(19(26)27-4)10-22(7-8-23)18(16)25/h5-6,9,11,21,23H,7-8,10H2,1-4H3,(H,20,24). The molecule has 0 aromatic heterocycles. The number of ether oxygens (including phenoxy) is 1. The lowest BCUT2D eigenvalue weighted by Crippen LogP contribution is -2.31. The highest BCUT2D eigenvalue weighted by Gasteiger charge is 2.34. The van der Waals surface area contributed by atoms with E-state index in [1.54, 1.807) is 25.1 Å². The Morgan fingerprint density at radius 1 is 1.33 bits per heavy atom. The number of benzene rings is 1. The van der Waals surface area contributed by atoms with E-state index in [0.717, 1.165) is 5.56 Å². The summed E-state index contributed by atoms with van der Waals surface area (Å²) in [5, 5.41) is 14.9. The number of methoxy groups -OCH3 is 1. The first-order valence-electron chi connectivity index (χ1n) is 8.68. The second kappa shape index (κ2) is 8.68. The molecule has 8 nitrogen and oxygen atoms in total. The largest absolute Gasteiger partial charge is 0.466 e. The smallest absolute Gasteiger partial charge is 0.337 e. The number of anilines is 1. The molecule has 0 fully saturated rings. The van der Waals surface area contributed by atoms with E-state index >= 15 is 0 Å². The lowest BCUT2D eigenvalue weighted by Gasteiger charge is -2.16. The number of aliphatic hydroxyl groups excluding tert-OH is 1. The zero-order chi connectivity index (χ0) is 20.1. The van der Waals surface area contributed by atoms with E-state index in [4.69, 9.17) is 9.84 Å². The van der Waals surface area contributed by atoms with Gasteiger partial charge in [0.2, 0.25) is 0 Å². The first-order valence-corrected chi connectivity index (χ1v) is 8.68. The number of aliphatic hydroxyl groups is 1. The van der Waals surface area contributed by atoms with Crippen LogP contribution < -0.4 is 10.6 Å². The van der Waals surface area contributed by atoms with Crippen molar-refractivity contribution in [2.75, 3.05) is 32.1 Å². The molecule has 0 aliphatic carbocycles. The lowest BCUT2D eigenvalue weighted by atomic mass is 10.1. The van der Waals surface area contributed by atoms with Crippen LogP contribution in [0, 0.1) is 6.92 Å². The number of β-amino-alcohol motifs (C(OH)–C–C–N with tert-alkyl or cyclic N) is 1. The molecule has 8 heteroatoms. The number of hydrogen-bond acceptors (Lipinski definition) is 6. The van der Waals surface area contributed by atoms with Crippen molar-refractivity contribution in [3.05, 3.63) is 40.6 Å². The minimum absolute atomic E-state index is 0.0250. The van der Waals surface area contributed by atoms with Crippen molar-refractivity contribution < 1.29 is 24.2 Å². The van der Waals surface area contributed by atoms with Gasteiger partial charge in [0.25, 0.3) is 11.8 Å². The van der Waals surface area contributed by atoms with Gasteiger partial charge >= 0.3 is 5.97 Å². The van der Waals surface area contributed by atoms with E-state index in [9.17, 15) is 14.4 Å². The number of hydrogen-bond donors (Lipinski definition) is 3. The SMILES string of the molecule is COC(=O)C1=C(Nc2ccc(C(=O)NC(C)C)cc2C)C(=O)N(CCO)C1. The van der Waals surface area contributed by atoms with Crippen LogP contribution in [0.3, 0.4) is 0 Å². The molecule has 1 heterocycles. The molecule has 0 spiro atoms. The Hall–Kier alpha value is -2.87.